The Kier molecular flexibility index (Phi) is 5.98. The fourth-order valence-corrected chi connectivity index (χ4v) is 3.11. The van der Waals surface area contributed by atoms with Gasteiger partial charge >= 0.3 is 0 Å². The van der Waals surface area contributed by atoms with Gasteiger partial charge in [-0.15, -0.1) is 0 Å². The summed E-state index contributed by atoms with van der Waals surface area (Å²) >= 11 is 6.02. The molecule has 3 rings (SSSR count). The number of H-pyrrole nitrogens is 1. The van der Waals surface area contributed by atoms with Crippen molar-refractivity contribution in [3.05, 3.63) is 63.2 Å². The topological polar surface area (TPSA) is 67.5 Å². The van der Waals surface area contributed by atoms with Crippen LogP contribution < -0.4 is 15.0 Å². The molecule has 0 fully saturated rings. The zero-order chi connectivity index (χ0) is 19.4. The van der Waals surface area contributed by atoms with Crippen molar-refractivity contribution in [1.82, 2.24) is 14.9 Å². The molecule has 0 saturated heterocycles. The molecule has 2 aromatic carbocycles. The van der Waals surface area contributed by atoms with E-state index in [2.05, 4.69) is 14.9 Å². The summed E-state index contributed by atoms with van der Waals surface area (Å²) in [5, 5.41) is 1.09. The van der Waals surface area contributed by atoms with Crippen molar-refractivity contribution >= 4 is 22.5 Å². The minimum Gasteiger partial charge on any atom is -0.493 e. The van der Waals surface area contributed by atoms with E-state index in [0.29, 0.717) is 47.2 Å². The number of nitrogens with one attached hydrogen (secondary N) is 1. The maximum Gasteiger partial charge on any atom is 0.258 e. The van der Waals surface area contributed by atoms with Crippen LogP contribution in [-0.2, 0) is 13.1 Å². The zero-order valence-corrected chi connectivity index (χ0v) is 16.3. The van der Waals surface area contributed by atoms with Gasteiger partial charge < -0.3 is 14.5 Å². The van der Waals surface area contributed by atoms with E-state index < -0.39 is 0 Å². The first-order valence-electron chi connectivity index (χ1n) is 8.67. The summed E-state index contributed by atoms with van der Waals surface area (Å²) in [6.45, 7) is 3.68. The smallest absolute Gasteiger partial charge is 0.258 e. The number of aromatic nitrogens is 2. The monoisotopic (exact) mass is 387 g/mol. The van der Waals surface area contributed by atoms with Gasteiger partial charge in [-0.1, -0.05) is 17.7 Å². The van der Waals surface area contributed by atoms with E-state index in [4.69, 9.17) is 21.1 Å². The molecule has 1 N–H and O–H groups in total. The molecular formula is C20H22ClN3O3. The molecule has 27 heavy (non-hydrogen) atoms. The Balaban J connectivity index is 1.77. The van der Waals surface area contributed by atoms with Crippen LogP contribution in [0.1, 0.15) is 18.3 Å². The van der Waals surface area contributed by atoms with Crippen LogP contribution >= 0.6 is 11.6 Å². The average Bonchev–Trinajstić information content (AvgIpc) is 2.62. The molecule has 0 aliphatic rings. The van der Waals surface area contributed by atoms with Gasteiger partial charge in [-0.3, -0.25) is 9.69 Å². The molecule has 0 aliphatic carbocycles. The summed E-state index contributed by atoms with van der Waals surface area (Å²) < 4.78 is 10.9. The van der Waals surface area contributed by atoms with E-state index in [9.17, 15) is 4.79 Å². The number of hydrogen-bond acceptors (Lipinski definition) is 5. The standard InChI is InChI=1S/C20H22ClN3O3/c1-4-27-17-8-5-13(9-18(17)26-3)11-24(2)12-19-22-16-10-14(21)6-7-15(16)20(25)23-19/h5-10H,4,11-12H2,1-3H3,(H,22,23,25). The van der Waals surface area contributed by atoms with Crippen LogP contribution in [-0.4, -0.2) is 35.6 Å². The number of nitrogens with zero attached hydrogens (tertiary/aromatic N) is 2. The number of hydrogen-bond donors (Lipinski definition) is 1. The van der Waals surface area contributed by atoms with Gasteiger partial charge in [-0.05, 0) is 49.9 Å². The number of fused-ring (bicyclic) bond motifs is 1. The lowest BCUT2D eigenvalue weighted by molar-refractivity contribution is 0.302. The zero-order valence-electron chi connectivity index (χ0n) is 15.6. The number of benzene rings is 2. The van der Waals surface area contributed by atoms with Gasteiger partial charge in [0.05, 0.1) is 31.2 Å². The lowest BCUT2D eigenvalue weighted by Crippen LogP contribution is -2.21. The molecule has 3 aromatic rings. The summed E-state index contributed by atoms with van der Waals surface area (Å²) in [7, 11) is 3.59. The van der Waals surface area contributed by atoms with Gasteiger partial charge in [0.2, 0.25) is 0 Å². The molecule has 0 saturated carbocycles. The van der Waals surface area contributed by atoms with Crippen molar-refractivity contribution in [2.75, 3.05) is 20.8 Å². The Morgan fingerprint density at radius 3 is 2.70 bits per heavy atom. The van der Waals surface area contributed by atoms with Crippen LogP contribution in [0.25, 0.3) is 10.9 Å². The quantitative estimate of drug-likeness (QED) is 0.670. The number of rotatable bonds is 7. The fraction of sp³-hybridized carbons (Fsp3) is 0.300. The molecule has 7 heteroatoms. The largest absolute Gasteiger partial charge is 0.493 e. The molecule has 0 bridgehead atoms. The summed E-state index contributed by atoms with van der Waals surface area (Å²) in [5.41, 5.74) is 1.50. The summed E-state index contributed by atoms with van der Waals surface area (Å²) in [5.74, 6) is 2.02. The van der Waals surface area contributed by atoms with Crippen molar-refractivity contribution in [3.8, 4) is 11.5 Å². The van der Waals surface area contributed by atoms with Crippen LogP contribution in [0.2, 0.25) is 5.02 Å². The van der Waals surface area contributed by atoms with Crippen LogP contribution in [0.15, 0.2) is 41.2 Å². The van der Waals surface area contributed by atoms with E-state index in [1.54, 1.807) is 25.3 Å². The minimum absolute atomic E-state index is 0.164. The maximum atomic E-state index is 12.2. The molecule has 0 amide bonds. The second kappa shape index (κ2) is 8.41. The van der Waals surface area contributed by atoms with Gasteiger partial charge in [0.15, 0.2) is 11.5 Å². The van der Waals surface area contributed by atoms with Crippen LogP contribution in [0.5, 0.6) is 11.5 Å². The lowest BCUT2D eigenvalue weighted by Gasteiger charge is -2.17. The molecule has 0 unspecified atom stereocenters. The summed E-state index contributed by atoms with van der Waals surface area (Å²) in [6.07, 6.45) is 0. The third kappa shape index (κ3) is 4.59. The molecule has 0 radical (unpaired) electrons. The van der Waals surface area contributed by atoms with Crippen LogP contribution in [0.3, 0.4) is 0 Å². The van der Waals surface area contributed by atoms with Crippen LogP contribution in [0.4, 0.5) is 0 Å². The molecule has 1 heterocycles. The average molecular weight is 388 g/mol. The van der Waals surface area contributed by atoms with Crippen molar-refractivity contribution in [2.24, 2.45) is 0 Å². The molecule has 0 spiro atoms. The van der Waals surface area contributed by atoms with E-state index in [-0.39, 0.29) is 5.56 Å². The Labute approximate surface area is 162 Å². The Morgan fingerprint density at radius 2 is 1.96 bits per heavy atom. The van der Waals surface area contributed by atoms with Crippen molar-refractivity contribution in [2.45, 2.75) is 20.0 Å². The molecule has 0 atom stereocenters. The molecular weight excluding hydrogens is 366 g/mol. The van der Waals surface area contributed by atoms with Gasteiger partial charge in [0, 0.05) is 11.6 Å². The van der Waals surface area contributed by atoms with E-state index in [1.165, 1.54) is 0 Å². The highest BCUT2D eigenvalue weighted by Gasteiger charge is 2.10. The molecule has 0 aliphatic heterocycles. The highest BCUT2D eigenvalue weighted by Crippen LogP contribution is 2.28. The van der Waals surface area contributed by atoms with Crippen molar-refractivity contribution in [3.63, 3.8) is 0 Å². The molecule has 1 aromatic heterocycles. The Hall–Kier alpha value is -2.57. The van der Waals surface area contributed by atoms with E-state index >= 15 is 0 Å². The molecule has 142 valence electrons. The van der Waals surface area contributed by atoms with Crippen LogP contribution in [0, 0.1) is 0 Å². The second-order valence-electron chi connectivity index (χ2n) is 6.26. The minimum atomic E-state index is -0.164. The normalized spacial score (nSPS) is 11.1. The maximum absolute atomic E-state index is 12.2. The third-order valence-electron chi connectivity index (χ3n) is 4.12. The van der Waals surface area contributed by atoms with Crippen molar-refractivity contribution in [1.29, 1.82) is 0 Å². The van der Waals surface area contributed by atoms with Crippen molar-refractivity contribution < 1.29 is 9.47 Å². The van der Waals surface area contributed by atoms with Gasteiger partial charge in [0.25, 0.3) is 5.56 Å². The third-order valence-corrected chi connectivity index (χ3v) is 4.35. The Morgan fingerprint density at radius 1 is 1.15 bits per heavy atom. The van der Waals surface area contributed by atoms with Gasteiger partial charge in [-0.25, -0.2) is 4.98 Å². The predicted molar refractivity (Wildman–Crippen MR) is 107 cm³/mol. The number of methoxy groups -OCH3 is 1. The summed E-state index contributed by atoms with van der Waals surface area (Å²) in [4.78, 5) is 21.7. The van der Waals surface area contributed by atoms with Gasteiger partial charge in [0.1, 0.15) is 5.82 Å². The number of halogens is 1. The lowest BCUT2D eigenvalue weighted by atomic mass is 10.2. The fourth-order valence-electron chi connectivity index (χ4n) is 2.94. The first-order chi connectivity index (χ1) is 13.0. The number of ether oxygens (including phenoxy) is 2. The SMILES string of the molecule is CCOc1ccc(CN(C)Cc2nc3cc(Cl)ccc3c(=O)[nH]2)cc1OC. The van der Waals surface area contributed by atoms with E-state index in [0.717, 1.165) is 11.3 Å². The van der Waals surface area contributed by atoms with Gasteiger partial charge in [-0.2, -0.15) is 0 Å². The molecule has 6 nitrogen and oxygen atoms in total. The van der Waals surface area contributed by atoms with E-state index in [1.807, 2.05) is 32.2 Å². The first-order valence-corrected chi connectivity index (χ1v) is 9.04. The second-order valence-corrected chi connectivity index (χ2v) is 6.70. The highest BCUT2D eigenvalue weighted by molar-refractivity contribution is 6.31. The summed E-state index contributed by atoms with van der Waals surface area (Å²) in [6, 6.07) is 10.9. The number of aromatic amines is 1. The predicted octanol–water partition coefficient (Wildman–Crippen LogP) is 3.62. The Bertz CT molecular complexity index is 1000. The first kappa shape index (κ1) is 19.2. The highest BCUT2D eigenvalue weighted by atomic mass is 35.5.